The Labute approximate surface area is 111 Å². The third-order valence-electron chi connectivity index (χ3n) is 4.01. The molecule has 5 nitrogen and oxygen atoms in total. The first-order chi connectivity index (χ1) is 9.16. The largest absolute Gasteiger partial charge is 0.478 e. The molecule has 0 bridgehead atoms. The van der Waals surface area contributed by atoms with Crippen molar-refractivity contribution >= 4 is 17.6 Å². The van der Waals surface area contributed by atoms with E-state index in [9.17, 15) is 9.59 Å². The zero-order valence-corrected chi connectivity index (χ0v) is 10.5. The number of aromatic carboxylic acids is 1. The summed E-state index contributed by atoms with van der Waals surface area (Å²) in [4.78, 5) is 25.1. The molecule has 2 atom stereocenters. The molecule has 3 rings (SSSR count). The van der Waals surface area contributed by atoms with Crippen LogP contribution in [0.25, 0.3) is 0 Å². The number of piperidine rings is 1. The molecule has 0 unspecified atom stereocenters. The van der Waals surface area contributed by atoms with E-state index in [0.717, 1.165) is 19.5 Å². The van der Waals surface area contributed by atoms with E-state index in [1.807, 2.05) is 0 Å². The fraction of sp³-hybridized carbons (Fsp3) is 0.429. The predicted octanol–water partition coefficient (Wildman–Crippen LogP) is 0.957. The number of nitrogens with zero attached hydrogens (tertiary/aromatic N) is 1. The molecule has 2 N–H and O–H groups in total. The van der Waals surface area contributed by atoms with Gasteiger partial charge in [0.2, 0.25) is 5.91 Å². The molecule has 2 aliphatic rings. The first kappa shape index (κ1) is 12.2. The third kappa shape index (κ3) is 2.10. The Balaban J connectivity index is 1.88. The summed E-state index contributed by atoms with van der Waals surface area (Å²) in [5, 5.41) is 12.3. The second kappa shape index (κ2) is 4.66. The fourth-order valence-electron chi connectivity index (χ4n) is 3.00. The monoisotopic (exact) mass is 260 g/mol. The molecule has 0 saturated carbocycles. The second-order valence-corrected chi connectivity index (χ2v) is 5.16. The predicted molar refractivity (Wildman–Crippen MR) is 70.2 cm³/mol. The highest BCUT2D eigenvalue weighted by Crippen LogP contribution is 2.33. The zero-order valence-electron chi connectivity index (χ0n) is 10.5. The highest BCUT2D eigenvalue weighted by atomic mass is 16.4. The minimum atomic E-state index is -0.965. The van der Waals surface area contributed by atoms with E-state index in [1.165, 1.54) is 0 Å². The van der Waals surface area contributed by atoms with Crippen LogP contribution in [0.1, 0.15) is 16.8 Å². The number of amides is 1. The Morgan fingerprint density at radius 3 is 3.00 bits per heavy atom. The van der Waals surface area contributed by atoms with Gasteiger partial charge in [-0.3, -0.25) is 4.79 Å². The maximum absolute atomic E-state index is 12.4. The quantitative estimate of drug-likeness (QED) is 0.831. The Morgan fingerprint density at radius 2 is 2.26 bits per heavy atom. The van der Waals surface area contributed by atoms with Crippen LogP contribution < -0.4 is 10.2 Å². The molecular weight excluding hydrogens is 244 g/mol. The smallest absolute Gasteiger partial charge is 0.335 e. The lowest BCUT2D eigenvalue weighted by molar-refractivity contribution is -0.121. The number of carboxylic acids is 1. The van der Waals surface area contributed by atoms with Gasteiger partial charge in [0.15, 0.2) is 0 Å². The Bertz CT molecular complexity index is 529. The molecule has 0 aromatic heterocycles. The number of carboxylic acid groups (broad SMARTS) is 1. The molecule has 19 heavy (non-hydrogen) atoms. The van der Waals surface area contributed by atoms with Crippen molar-refractivity contribution in [2.45, 2.75) is 6.42 Å². The van der Waals surface area contributed by atoms with Crippen molar-refractivity contribution in [2.75, 3.05) is 24.5 Å². The molecule has 0 aliphatic carbocycles. The number of hydrogen-bond acceptors (Lipinski definition) is 3. The number of fused-ring (bicyclic) bond motifs is 1. The summed E-state index contributed by atoms with van der Waals surface area (Å²) >= 11 is 0. The summed E-state index contributed by atoms with van der Waals surface area (Å²) in [5.74, 6) is -0.397. The molecule has 100 valence electrons. The van der Waals surface area contributed by atoms with Crippen LogP contribution in [0.5, 0.6) is 0 Å². The lowest BCUT2D eigenvalue weighted by Gasteiger charge is -2.22. The first-order valence-corrected chi connectivity index (χ1v) is 6.52. The minimum absolute atomic E-state index is 0.0923. The molecule has 2 heterocycles. The van der Waals surface area contributed by atoms with Crippen LogP contribution in [0, 0.1) is 11.8 Å². The zero-order chi connectivity index (χ0) is 13.4. The number of benzene rings is 1. The van der Waals surface area contributed by atoms with Gasteiger partial charge in [-0.25, -0.2) is 4.79 Å². The van der Waals surface area contributed by atoms with E-state index >= 15 is 0 Å². The van der Waals surface area contributed by atoms with Crippen molar-refractivity contribution in [3.05, 3.63) is 29.8 Å². The topological polar surface area (TPSA) is 69.6 Å². The van der Waals surface area contributed by atoms with E-state index < -0.39 is 5.97 Å². The fourth-order valence-corrected chi connectivity index (χ4v) is 3.00. The van der Waals surface area contributed by atoms with Gasteiger partial charge < -0.3 is 15.3 Å². The van der Waals surface area contributed by atoms with Gasteiger partial charge in [-0.1, -0.05) is 6.07 Å². The van der Waals surface area contributed by atoms with Crippen molar-refractivity contribution < 1.29 is 14.7 Å². The molecule has 1 aromatic carbocycles. The summed E-state index contributed by atoms with van der Waals surface area (Å²) in [7, 11) is 0. The third-order valence-corrected chi connectivity index (χ3v) is 4.01. The van der Waals surface area contributed by atoms with E-state index in [-0.39, 0.29) is 17.4 Å². The van der Waals surface area contributed by atoms with Crippen molar-refractivity contribution in [3.8, 4) is 0 Å². The van der Waals surface area contributed by atoms with Gasteiger partial charge in [0, 0.05) is 30.6 Å². The lowest BCUT2D eigenvalue weighted by Crippen LogP contribution is -2.36. The number of rotatable bonds is 2. The van der Waals surface area contributed by atoms with Crippen molar-refractivity contribution in [1.29, 1.82) is 0 Å². The summed E-state index contributed by atoms with van der Waals surface area (Å²) in [6, 6.07) is 6.60. The van der Waals surface area contributed by atoms with Crippen LogP contribution in [0.15, 0.2) is 24.3 Å². The second-order valence-electron chi connectivity index (χ2n) is 5.16. The van der Waals surface area contributed by atoms with Crippen molar-refractivity contribution in [1.82, 2.24) is 5.32 Å². The van der Waals surface area contributed by atoms with Crippen LogP contribution in [0.3, 0.4) is 0 Å². The maximum Gasteiger partial charge on any atom is 0.335 e. The van der Waals surface area contributed by atoms with Gasteiger partial charge in [-0.2, -0.15) is 0 Å². The van der Waals surface area contributed by atoms with Crippen molar-refractivity contribution in [2.24, 2.45) is 11.8 Å². The molecule has 5 heteroatoms. The van der Waals surface area contributed by atoms with Gasteiger partial charge in [-0.15, -0.1) is 0 Å². The molecule has 2 fully saturated rings. The number of carbonyl (C=O) groups excluding carboxylic acids is 1. The molecule has 0 spiro atoms. The summed E-state index contributed by atoms with van der Waals surface area (Å²) in [5.41, 5.74) is 0.914. The van der Waals surface area contributed by atoms with E-state index in [4.69, 9.17) is 5.11 Å². The Hall–Kier alpha value is -1.88. The number of hydrogen-bond donors (Lipinski definition) is 2. The van der Waals surface area contributed by atoms with Crippen molar-refractivity contribution in [3.63, 3.8) is 0 Å². The lowest BCUT2D eigenvalue weighted by atomic mass is 9.89. The SMILES string of the molecule is O=C(O)c1cccc(N2C[C@H]3CNCC[C@H]3C2=O)c1. The van der Waals surface area contributed by atoms with Gasteiger partial charge in [-0.05, 0) is 31.2 Å². The van der Waals surface area contributed by atoms with E-state index in [2.05, 4.69) is 5.32 Å². The molecule has 1 amide bonds. The summed E-state index contributed by atoms with van der Waals surface area (Å²) < 4.78 is 0. The average Bonchev–Trinajstić information content (AvgIpc) is 2.77. The number of carbonyl (C=O) groups is 2. The molecule has 2 saturated heterocycles. The van der Waals surface area contributed by atoms with Gasteiger partial charge in [0.05, 0.1) is 5.56 Å². The van der Waals surface area contributed by atoms with Crippen LogP contribution in [0.2, 0.25) is 0 Å². The van der Waals surface area contributed by atoms with Crippen LogP contribution >= 0.6 is 0 Å². The van der Waals surface area contributed by atoms with Crippen LogP contribution in [0.4, 0.5) is 5.69 Å². The van der Waals surface area contributed by atoms with Gasteiger partial charge in [0.1, 0.15) is 0 Å². The molecule has 1 aromatic rings. The Morgan fingerprint density at radius 1 is 1.42 bits per heavy atom. The van der Waals surface area contributed by atoms with Gasteiger partial charge >= 0.3 is 5.97 Å². The molecule has 2 aliphatic heterocycles. The summed E-state index contributed by atoms with van der Waals surface area (Å²) in [6.07, 6.45) is 0.874. The maximum atomic E-state index is 12.4. The normalized spacial score (nSPS) is 26.3. The number of nitrogens with one attached hydrogen (secondary N) is 1. The van der Waals surface area contributed by atoms with Gasteiger partial charge in [0.25, 0.3) is 0 Å². The van der Waals surface area contributed by atoms with Crippen LogP contribution in [-0.4, -0.2) is 36.6 Å². The van der Waals surface area contributed by atoms with Crippen LogP contribution in [-0.2, 0) is 4.79 Å². The van der Waals surface area contributed by atoms with E-state index in [1.54, 1.807) is 29.2 Å². The minimum Gasteiger partial charge on any atom is -0.478 e. The molecular formula is C14H16N2O3. The highest BCUT2D eigenvalue weighted by molar-refractivity contribution is 5.99. The highest BCUT2D eigenvalue weighted by Gasteiger charge is 2.41. The molecule has 0 radical (unpaired) electrons. The Kier molecular flexibility index (Phi) is 2.98. The summed E-state index contributed by atoms with van der Waals surface area (Å²) in [6.45, 7) is 2.43. The van der Waals surface area contributed by atoms with E-state index in [0.29, 0.717) is 18.2 Å². The first-order valence-electron chi connectivity index (χ1n) is 6.52. The standard InChI is InChI=1S/C14H16N2O3/c17-13-12-4-5-15-7-10(12)8-16(13)11-3-1-2-9(6-11)14(18)19/h1-3,6,10,12,15H,4-5,7-8H2,(H,18,19)/t10-,12-/m1/s1. The average molecular weight is 260 g/mol. The number of anilines is 1.